The highest BCUT2D eigenvalue weighted by atomic mass is 16.1. The van der Waals surface area contributed by atoms with Gasteiger partial charge >= 0.3 is 0 Å². The molecule has 4 heteroatoms. The zero-order valence-electron chi connectivity index (χ0n) is 5.93. The van der Waals surface area contributed by atoms with E-state index in [0.717, 1.165) is 5.56 Å². The predicted molar refractivity (Wildman–Crippen MR) is 37.6 cm³/mol. The maximum Gasteiger partial charge on any atom is 0.222 e. The molecule has 0 bridgehead atoms. The van der Waals surface area contributed by atoms with Crippen molar-refractivity contribution in [3.8, 4) is 0 Å². The highest BCUT2D eigenvalue weighted by Gasteiger charge is 1.99. The number of H-pyrrole nitrogens is 1. The van der Waals surface area contributed by atoms with Crippen molar-refractivity contribution in [3.05, 3.63) is 11.8 Å². The molecular weight excluding hydrogens is 130 g/mol. The SMILES string of the molecule is CC(=O)Nc1[nH]ncc1C. The molecule has 0 aliphatic heterocycles. The van der Waals surface area contributed by atoms with Crippen LogP contribution in [-0.2, 0) is 4.79 Å². The summed E-state index contributed by atoms with van der Waals surface area (Å²) in [5, 5.41) is 8.99. The predicted octanol–water partition coefficient (Wildman–Crippen LogP) is 0.677. The molecule has 4 nitrogen and oxygen atoms in total. The molecule has 10 heavy (non-hydrogen) atoms. The molecule has 0 aliphatic rings. The van der Waals surface area contributed by atoms with Gasteiger partial charge in [0.1, 0.15) is 5.82 Å². The van der Waals surface area contributed by atoms with E-state index in [1.165, 1.54) is 6.92 Å². The molecule has 0 atom stereocenters. The fourth-order valence-electron chi connectivity index (χ4n) is 0.649. The van der Waals surface area contributed by atoms with Crippen molar-refractivity contribution < 1.29 is 4.79 Å². The minimum Gasteiger partial charge on any atom is -0.311 e. The first-order valence-corrected chi connectivity index (χ1v) is 2.97. The van der Waals surface area contributed by atoms with Crippen LogP contribution in [0.2, 0.25) is 0 Å². The number of aromatic amines is 1. The van der Waals surface area contributed by atoms with Crippen LogP contribution in [-0.4, -0.2) is 16.1 Å². The van der Waals surface area contributed by atoms with Crippen molar-refractivity contribution in [2.75, 3.05) is 5.32 Å². The van der Waals surface area contributed by atoms with Gasteiger partial charge in [-0.1, -0.05) is 0 Å². The van der Waals surface area contributed by atoms with Crippen molar-refractivity contribution in [2.24, 2.45) is 0 Å². The average Bonchev–Trinajstić information content (AvgIpc) is 2.15. The van der Waals surface area contributed by atoms with Crippen LogP contribution in [0.3, 0.4) is 0 Å². The first kappa shape index (κ1) is 6.80. The number of carbonyl (C=O) groups is 1. The van der Waals surface area contributed by atoms with Gasteiger partial charge in [-0.2, -0.15) is 5.10 Å². The summed E-state index contributed by atoms with van der Waals surface area (Å²) in [5.74, 6) is 0.583. The van der Waals surface area contributed by atoms with Gasteiger partial charge in [0.05, 0.1) is 6.20 Å². The Bertz CT molecular complexity index is 241. The van der Waals surface area contributed by atoms with Gasteiger partial charge in [-0.3, -0.25) is 9.89 Å². The maximum atomic E-state index is 10.5. The van der Waals surface area contributed by atoms with E-state index in [2.05, 4.69) is 15.5 Å². The minimum absolute atomic E-state index is 0.0904. The second kappa shape index (κ2) is 2.51. The van der Waals surface area contributed by atoms with Gasteiger partial charge in [0.25, 0.3) is 0 Å². The number of amides is 1. The van der Waals surface area contributed by atoms with Crippen LogP contribution in [0.1, 0.15) is 12.5 Å². The summed E-state index contributed by atoms with van der Waals surface area (Å²) >= 11 is 0. The summed E-state index contributed by atoms with van der Waals surface area (Å²) in [5.41, 5.74) is 0.940. The number of aromatic nitrogens is 2. The summed E-state index contributed by atoms with van der Waals surface area (Å²) < 4.78 is 0. The monoisotopic (exact) mass is 139 g/mol. The van der Waals surface area contributed by atoms with E-state index in [1.807, 2.05) is 6.92 Å². The zero-order valence-corrected chi connectivity index (χ0v) is 5.93. The number of anilines is 1. The van der Waals surface area contributed by atoms with Gasteiger partial charge in [0.2, 0.25) is 5.91 Å². The molecule has 0 saturated heterocycles. The maximum absolute atomic E-state index is 10.5. The molecule has 0 fully saturated rings. The summed E-state index contributed by atoms with van der Waals surface area (Å²) in [4.78, 5) is 10.5. The number of hydrogen-bond acceptors (Lipinski definition) is 2. The van der Waals surface area contributed by atoms with Crippen molar-refractivity contribution >= 4 is 11.7 Å². The van der Waals surface area contributed by atoms with E-state index in [9.17, 15) is 4.79 Å². The Morgan fingerprint density at radius 1 is 1.80 bits per heavy atom. The van der Waals surface area contributed by atoms with Crippen molar-refractivity contribution in [2.45, 2.75) is 13.8 Å². The molecule has 0 aliphatic carbocycles. The number of nitrogens with zero attached hydrogens (tertiary/aromatic N) is 1. The summed E-state index contributed by atoms with van der Waals surface area (Å²) in [7, 11) is 0. The lowest BCUT2D eigenvalue weighted by Crippen LogP contribution is -2.06. The third-order valence-electron chi connectivity index (χ3n) is 1.13. The van der Waals surface area contributed by atoms with E-state index < -0.39 is 0 Å². The van der Waals surface area contributed by atoms with E-state index in [1.54, 1.807) is 6.20 Å². The lowest BCUT2D eigenvalue weighted by Gasteiger charge is -1.96. The van der Waals surface area contributed by atoms with Crippen LogP contribution in [0.25, 0.3) is 0 Å². The topological polar surface area (TPSA) is 57.8 Å². The van der Waals surface area contributed by atoms with Crippen LogP contribution in [0.15, 0.2) is 6.20 Å². The number of hydrogen-bond donors (Lipinski definition) is 2. The molecule has 1 aromatic rings. The van der Waals surface area contributed by atoms with E-state index in [4.69, 9.17) is 0 Å². The Balaban J connectivity index is 2.74. The van der Waals surface area contributed by atoms with Gasteiger partial charge in [0.15, 0.2) is 0 Å². The van der Waals surface area contributed by atoms with Gasteiger partial charge in [-0.25, -0.2) is 0 Å². The quantitative estimate of drug-likeness (QED) is 0.601. The Kier molecular flexibility index (Phi) is 1.71. The van der Waals surface area contributed by atoms with Gasteiger partial charge in [-0.05, 0) is 6.92 Å². The third kappa shape index (κ3) is 1.34. The summed E-state index contributed by atoms with van der Waals surface area (Å²) in [6.45, 7) is 3.33. The third-order valence-corrected chi connectivity index (χ3v) is 1.13. The van der Waals surface area contributed by atoms with Gasteiger partial charge in [-0.15, -0.1) is 0 Å². The first-order valence-electron chi connectivity index (χ1n) is 2.97. The largest absolute Gasteiger partial charge is 0.311 e. The Hall–Kier alpha value is -1.32. The highest BCUT2D eigenvalue weighted by molar-refractivity contribution is 5.88. The van der Waals surface area contributed by atoms with Crippen LogP contribution in [0, 0.1) is 6.92 Å². The van der Waals surface area contributed by atoms with Crippen molar-refractivity contribution in [3.63, 3.8) is 0 Å². The smallest absolute Gasteiger partial charge is 0.222 e. The molecular formula is C6H9N3O. The highest BCUT2D eigenvalue weighted by Crippen LogP contribution is 2.07. The van der Waals surface area contributed by atoms with E-state index >= 15 is 0 Å². The van der Waals surface area contributed by atoms with E-state index in [-0.39, 0.29) is 5.91 Å². The Morgan fingerprint density at radius 3 is 2.90 bits per heavy atom. The van der Waals surface area contributed by atoms with Crippen LogP contribution >= 0.6 is 0 Å². The fourth-order valence-corrected chi connectivity index (χ4v) is 0.649. The molecule has 1 rings (SSSR count). The van der Waals surface area contributed by atoms with Crippen LogP contribution < -0.4 is 5.32 Å². The molecule has 1 amide bonds. The van der Waals surface area contributed by atoms with Gasteiger partial charge in [0, 0.05) is 12.5 Å². The second-order valence-corrected chi connectivity index (χ2v) is 2.11. The molecule has 1 heterocycles. The molecule has 1 aromatic heterocycles. The lowest BCUT2D eigenvalue weighted by atomic mass is 10.4. The molecule has 54 valence electrons. The molecule has 0 spiro atoms. The number of nitrogens with one attached hydrogen (secondary N) is 2. The standard InChI is InChI=1S/C6H9N3O/c1-4-3-7-9-6(4)8-5(2)10/h3H,1-2H3,(H2,7,8,9,10). The number of carbonyl (C=O) groups excluding carboxylic acids is 1. The van der Waals surface area contributed by atoms with Crippen molar-refractivity contribution in [1.82, 2.24) is 10.2 Å². The minimum atomic E-state index is -0.0904. The van der Waals surface area contributed by atoms with Crippen LogP contribution in [0.5, 0.6) is 0 Å². The number of aryl methyl sites for hydroxylation is 1. The molecule has 0 saturated carbocycles. The second-order valence-electron chi connectivity index (χ2n) is 2.11. The zero-order chi connectivity index (χ0) is 7.56. The Morgan fingerprint density at radius 2 is 2.50 bits per heavy atom. The summed E-state index contributed by atoms with van der Waals surface area (Å²) in [6, 6.07) is 0. The fraction of sp³-hybridized carbons (Fsp3) is 0.333. The number of rotatable bonds is 1. The summed E-state index contributed by atoms with van der Waals surface area (Å²) in [6.07, 6.45) is 1.66. The van der Waals surface area contributed by atoms with E-state index in [0.29, 0.717) is 5.82 Å². The molecule has 2 N–H and O–H groups in total. The van der Waals surface area contributed by atoms with Crippen LogP contribution in [0.4, 0.5) is 5.82 Å². The molecule has 0 radical (unpaired) electrons. The lowest BCUT2D eigenvalue weighted by molar-refractivity contribution is -0.114. The molecule has 0 aromatic carbocycles. The molecule has 0 unspecified atom stereocenters. The van der Waals surface area contributed by atoms with Crippen molar-refractivity contribution in [1.29, 1.82) is 0 Å². The first-order chi connectivity index (χ1) is 4.70. The normalized spacial score (nSPS) is 9.40. The Labute approximate surface area is 58.6 Å². The average molecular weight is 139 g/mol. The van der Waals surface area contributed by atoms with Gasteiger partial charge < -0.3 is 5.32 Å².